The average molecular weight is 370 g/mol. The summed E-state index contributed by atoms with van der Waals surface area (Å²) in [5.74, 6) is -0.370. The summed E-state index contributed by atoms with van der Waals surface area (Å²) in [4.78, 5) is 27.5. The van der Waals surface area contributed by atoms with Gasteiger partial charge in [0.05, 0.1) is 10.9 Å². The van der Waals surface area contributed by atoms with E-state index in [4.69, 9.17) is 11.6 Å². The second-order valence-corrected chi connectivity index (χ2v) is 6.40. The van der Waals surface area contributed by atoms with E-state index >= 15 is 0 Å². The third-order valence-corrected chi connectivity index (χ3v) is 4.54. The Morgan fingerprint density at radius 3 is 2.54 bits per heavy atom. The molecule has 3 aromatic rings. The largest absolute Gasteiger partial charge is 0.333 e. The van der Waals surface area contributed by atoms with Gasteiger partial charge in [-0.2, -0.15) is 5.10 Å². The minimum atomic E-state index is -0.385. The molecule has 5 nitrogen and oxygen atoms in total. The summed E-state index contributed by atoms with van der Waals surface area (Å²) in [5, 5.41) is 5.20. The predicted molar refractivity (Wildman–Crippen MR) is 104 cm³/mol. The van der Waals surface area contributed by atoms with E-state index in [1.807, 2.05) is 44.2 Å². The number of fused-ring (bicyclic) bond motifs is 1. The van der Waals surface area contributed by atoms with Gasteiger partial charge >= 0.3 is 0 Å². The Bertz CT molecular complexity index is 999. The first-order valence-corrected chi connectivity index (χ1v) is 8.96. The predicted octanol–water partition coefficient (Wildman–Crippen LogP) is 3.73. The Labute approximate surface area is 156 Å². The van der Waals surface area contributed by atoms with Crippen LogP contribution in [0.5, 0.6) is 0 Å². The minimum absolute atomic E-state index is 0.0700. The number of nitrogens with zero attached hydrogens (tertiary/aromatic N) is 3. The molecular formula is C20H20ClN3O2. The van der Waals surface area contributed by atoms with Crippen molar-refractivity contribution in [1.82, 2.24) is 14.7 Å². The average Bonchev–Trinajstić information content (AvgIpc) is 2.67. The van der Waals surface area contributed by atoms with Gasteiger partial charge in [-0.25, -0.2) is 0 Å². The maximum absolute atomic E-state index is 13.0. The van der Waals surface area contributed by atoms with Crippen LogP contribution in [-0.2, 0) is 13.1 Å². The van der Waals surface area contributed by atoms with E-state index in [0.29, 0.717) is 35.6 Å². The SMILES string of the molecule is CCN(Cc1ccccc1)C(=O)c1nn(CC)c2ccc(Cl)cc2c1=O. The molecule has 0 aliphatic rings. The molecule has 0 aliphatic heterocycles. The number of hydrogen-bond acceptors (Lipinski definition) is 3. The Balaban J connectivity index is 2.06. The number of rotatable bonds is 5. The maximum Gasteiger partial charge on any atom is 0.278 e. The molecule has 26 heavy (non-hydrogen) atoms. The smallest absolute Gasteiger partial charge is 0.278 e. The van der Waals surface area contributed by atoms with Crippen LogP contribution in [0.2, 0.25) is 5.02 Å². The van der Waals surface area contributed by atoms with E-state index in [-0.39, 0.29) is 17.0 Å². The molecule has 1 aromatic heterocycles. The lowest BCUT2D eigenvalue weighted by atomic mass is 10.1. The van der Waals surface area contributed by atoms with Crippen LogP contribution in [0.15, 0.2) is 53.3 Å². The number of halogens is 1. The summed E-state index contributed by atoms with van der Waals surface area (Å²) < 4.78 is 1.66. The monoisotopic (exact) mass is 369 g/mol. The lowest BCUT2D eigenvalue weighted by Crippen LogP contribution is -2.36. The first kappa shape index (κ1) is 18.1. The first-order valence-electron chi connectivity index (χ1n) is 8.58. The molecule has 0 unspecified atom stereocenters. The van der Waals surface area contributed by atoms with Crippen LogP contribution in [0.4, 0.5) is 0 Å². The molecule has 0 N–H and O–H groups in total. The van der Waals surface area contributed by atoms with Crippen LogP contribution < -0.4 is 5.43 Å². The molecule has 0 saturated heterocycles. The van der Waals surface area contributed by atoms with Gasteiger partial charge in [-0.1, -0.05) is 41.9 Å². The highest BCUT2D eigenvalue weighted by atomic mass is 35.5. The van der Waals surface area contributed by atoms with Crippen molar-refractivity contribution in [2.75, 3.05) is 6.54 Å². The van der Waals surface area contributed by atoms with Crippen LogP contribution >= 0.6 is 11.6 Å². The quantitative estimate of drug-likeness (QED) is 0.688. The Kier molecular flexibility index (Phi) is 5.38. The van der Waals surface area contributed by atoms with Crippen LogP contribution in [0.25, 0.3) is 10.9 Å². The van der Waals surface area contributed by atoms with Gasteiger partial charge in [-0.15, -0.1) is 0 Å². The lowest BCUT2D eigenvalue weighted by Gasteiger charge is -2.21. The van der Waals surface area contributed by atoms with Gasteiger partial charge in [0.1, 0.15) is 0 Å². The van der Waals surface area contributed by atoms with Crippen molar-refractivity contribution in [3.8, 4) is 0 Å². The Morgan fingerprint density at radius 1 is 1.15 bits per heavy atom. The molecule has 2 aromatic carbocycles. The van der Waals surface area contributed by atoms with Crippen LogP contribution in [-0.4, -0.2) is 27.1 Å². The first-order chi connectivity index (χ1) is 12.5. The number of carbonyl (C=O) groups excluding carboxylic acids is 1. The molecule has 1 amide bonds. The number of carbonyl (C=O) groups is 1. The zero-order valence-corrected chi connectivity index (χ0v) is 15.5. The van der Waals surface area contributed by atoms with E-state index in [9.17, 15) is 9.59 Å². The second kappa shape index (κ2) is 7.70. The molecule has 0 saturated carbocycles. The second-order valence-electron chi connectivity index (χ2n) is 5.96. The third kappa shape index (κ3) is 3.48. The van der Waals surface area contributed by atoms with Crippen molar-refractivity contribution in [2.24, 2.45) is 0 Å². The molecular weight excluding hydrogens is 350 g/mol. The van der Waals surface area contributed by atoms with Gasteiger partial charge < -0.3 is 4.90 Å². The Morgan fingerprint density at radius 2 is 1.88 bits per heavy atom. The fourth-order valence-corrected chi connectivity index (χ4v) is 3.10. The molecule has 6 heteroatoms. The highest BCUT2D eigenvalue weighted by Gasteiger charge is 2.22. The van der Waals surface area contributed by atoms with Gasteiger partial charge in [0.2, 0.25) is 5.43 Å². The minimum Gasteiger partial charge on any atom is -0.333 e. The van der Waals surface area contributed by atoms with Gasteiger partial charge in [-0.05, 0) is 37.6 Å². The summed E-state index contributed by atoms with van der Waals surface area (Å²) in [6.45, 7) is 5.26. The highest BCUT2D eigenvalue weighted by molar-refractivity contribution is 6.31. The number of hydrogen-bond donors (Lipinski definition) is 0. The zero-order chi connectivity index (χ0) is 18.7. The van der Waals surface area contributed by atoms with Crippen LogP contribution in [0, 0.1) is 0 Å². The number of benzene rings is 2. The van der Waals surface area contributed by atoms with E-state index in [1.54, 1.807) is 27.8 Å². The molecule has 134 valence electrons. The maximum atomic E-state index is 13.0. The molecule has 0 atom stereocenters. The number of aromatic nitrogens is 2. The molecule has 3 rings (SSSR count). The molecule has 0 fully saturated rings. The fraction of sp³-hybridized carbons (Fsp3) is 0.250. The normalized spacial score (nSPS) is 10.9. The van der Waals surface area contributed by atoms with E-state index in [0.717, 1.165) is 5.56 Å². The van der Waals surface area contributed by atoms with Crippen molar-refractivity contribution in [1.29, 1.82) is 0 Å². The summed E-state index contributed by atoms with van der Waals surface area (Å²) in [6, 6.07) is 14.7. The van der Waals surface area contributed by atoms with Crippen molar-refractivity contribution in [3.63, 3.8) is 0 Å². The van der Waals surface area contributed by atoms with E-state index < -0.39 is 0 Å². The molecule has 0 radical (unpaired) electrons. The van der Waals surface area contributed by atoms with Gasteiger partial charge in [0.15, 0.2) is 5.69 Å². The van der Waals surface area contributed by atoms with Gasteiger partial charge in [0.25, 0.3) is 5.91 Å². The van der Waals surface area contributed by atoms with E-state index in [1.165, 1.54) is 0 Å². The van der Waals surface area contributed by atoms with Crippen molar-refractivity contribution in [3.05, 3.63) is 75.0 Å². The zero-order valence-electron chi connectivity index (χ0n) is 14.8. The standard InChI is InChI=1S/C20H20ClN3O2/c1-3-23(13-14-8-6-5-7-9-14)20(26)18-19(25)16-12-15(21)10-11-17(16)24(4-2)22-18/h5-12H,3-4,13H2,1-2H3. The number of aryl methyl sites for hydroxylation is 1. The fourth-order valence-electron chi connectivity index (χ4n) is 2.92. The van der Waals surface area contributed by atoms with Crippen molar-refractivity contribution < 1.29 is 4.79 Å². The highest BCUT2D eigenvalue weighted by Crippen LogP contribution is 2.17. The summed E-state index contributed by atoms with van der Waals surface area (Å²) in [5.41, 5.74) is 1.22. The Hall–Kier alpha value is -2.66. The topological polar surface area (TPSA) is 55.2 Å². The van der Waals surface area contributed by atoms with Gasteiger partial charge in [-0.3, -0.25) is 14.3 Å². The number of amides is 1. The van der Waals surface area contributed by atoms with Crippen molar-refractivity contribution in [2.45, 2.75) is 26.9 Å². The summed E-state index contributed by atoms with van der Waals surface area (Å²) in [6.07, 6.45) is 0. The molecule has 0 spiro atoms. The van der Waals surface area contributed by atoms with Gasteiger partial charge in [0, 0.05) is 24.7 Å². The summed E-state index contributed by atoms with van der Waals surface area (Å²) >= 11 is 6.05. The third-order valence-electron chi connectivity index (χ3n) is 4.30. The summed E-state index contributed by atoms with van der Waals surface area (Å²) in [7, 11) is 0. The lowest BCUT2D eigenvalue weighted by molar-refractivity contribution is 0.0743. The van der Waals surface area contributed by atoms with Crippen LogP contribution in [0.3, 0.4) is 0 Å². The molecule has 0 bridgehead atoms. The molecule has 0 aliphatic carbocycles. The van der Waals surface area contributed by atoms with E-state index in [2.05, 4.69) is 5.10 Å². The van der Waals surface area contributed by atoms with Crippen molar-refractivity contribution >= 4 is 28.4 Å². The van der Waals surface area contributed by atoms with Crippen LogP contribution in [0.1, 0.15) is 29.9 Å². The molecule has 1 heterocycles.